The molecule has 1 amide bonds. The Kier molecular flexibility index (Phi) is 3.31. The molecule has 1 heterocycles. The Morgan fingerprint density at radius 2 is 2.05 bits per heavy atom. The number of benzene rings is 2. The van der Waals surface area contributed by atoms with Gasteiger partial charge in [-0.25, -0.2) is 0 Å². The fourth-order valence-electron chi connectivity index (χ4n) is 2.18. The molecule has 0 atom stereocenters. The van der Waals surface area contributed by atoms with Crippen LogP contribution in [-0.2, 0) is 0 Å². The maximum Gasteiger partial charge on any atom is 0.259 e. The second kappa shape index (κ2) is 5.14. The second-order valence-corrected chi connectivity index (χ2v) is 5.20. The Morgan fingerprint density at radius 1 is 1.29 bits per heavy atom. The van der Waals surface area contributed by atoms with Crippen molar-refractivity contribution in [2.45, 2.75) is 6.92 Å². The third-order valence-electron chi connectivity index (χ3n) is 3.32. The molecule has 0 unspecified atom stereocenters. The molecule has 3 rings (SSSR count). The summed E-state index contributed by atoms with van der Waals surface area (Å²) in [6.45, 7) is 1.86. The number of rotatable bonds is 2. The van der Waals surface area contributed by atoms with E-state index >= 15 is 0 Å². The summed E-state index contributed by atoms with van der Waals surface area (Å²) in [5.41, 5.74) is 8.85. The first-order valence-electron chi connectivity index (χ1n) is 6.39. The summed E-state index contributed by atoms with van der Waals surface area (Å²) in [4.78, 5) is 12.4. The zero-order valence-corrected chi connectivity index (χ0v) is 12.1. The van der Waals surface area contributed by atoms with Crippen LogP contribution in [0.1, 0.15) is 15.9 Å². The number of carbonyl (C=O) groups excluding carboxylic acids is 1. The van der Waals surface area contributed by atoms with E-state index in [2.05, 4.69) is 5.32 Å². The minimum atomic E-state index is -0.246. The number of hydrogen-bond donors (Lipinski definition) is 2. The number of fused-ring (bicyclic) bond motifs is 1. The normalized spacial score (nSPS) is 10.8. The summed E-state index contributed by atoms with van der Waals surface area (Å²) in [5, 5.41) is 4.02. The summed E-state index contributed by atoms with van der Waals surface area (Å²) in [7, 11) is 0. The van der Waals surface area contributed by atoms with E-state index in [0.717, 1.165) is 10.9 Å². The third-order valence-corrected chi connectivity index (χ3v) is 3.64. The molecule has 1 aromatic heterocycles. The lowest BCUT2D eigenvalue weighted by molar-refractivity contribution is 0.102. The highest BCUT2D eigenvalue weighted by Gasteiger charge is 2.15. The molecule has 5 heteroatoms. The zero-order valence-electron chi connectivity index (χ0n) is 11.3. The van der Waals surface area contributed by atoms with E-state index < -0.39 is 0 Å². The molecule has 0 spiro atoms. The standard InChI is InChI=1S/C16H13ClN2O2/c1-9-6-13(18)12(17)7-14(9)19-16(20)11-8-21-15-5-3-2-4-10(11)15/h2-8H,18H2,1H3,(H,19,20). The molecule has 0 aliphatic carbocycles. The summed E-state index contributed by atoms with van der Waals surface area (Å²) < 4.78 is 5.37. The number of aryl methyl sites for hydroxylation is 1. The molecule has 0 fully saturated rings. The third kappa shape index (κ3) is 2.45. The van der Waals surface area contributed by atoms with Crippen molar-refractivity contribution in [3.05, 3.63) is 58.8 Å². The molecule has 0 saturated heterocycles. The Hall–Kier alpha value is -2.46. The van der Waals surface area contributed by atoms with Crippen LogP contribution in [0.3, 0.4) is 0 Å². The van der Waals surface area contributed by atoms with Crippen molar-refractivity contribution < 1.29 is 9.21 Å². The number of carbonyl (C=O) groups is 1. The molecule has 0 radical (unpaired) electrons. The number of anilines is 2. The molecular formula is C16H13ClN2O2. The Morgan fingerprint density at radius 3 is 2.86 bits per heavy atom. The number of nitrogen functional groups attached to an aromatic ring is 1. The Balaban J connectivity index is 1.95. The van der Waals surface area contributed by atoms with Crippen molar-refractivity contribution >= 4 is 39.9 Å². The summed E-state index contributed by atoms with van der Waals surface area (Å²) in [6, 6.07) is 10.8. The van der Waals surface area contributed by atoms with Crippen molar-refractivity contribution in [1.29, 1.82) is 0 Å². The highest BCUT2D eigenvalue weighted by atomic mass is 35.5. The first-order valence-corrected chi connectivity index (χ1v) is 6.77. The van der Waals surface area contributed by atoms with E-state index in [4.69, 9.17) is 21.8 Å². The molecule has 0 bridgehead atoms. The average molecular weight is 301 g/mol. The van der Waals surface area contributed by atoms with E-state index in [0.29, 0.717) is 27.5 Å². The minimum Gasteiger partial charge on any atom is -0.463 e. The minimum absolute atomic E-state index is 0.246. The van der Waals surface area contributed by atoms with Crippen LogP contribution in [0, 0.1) is 6.92 Å². The van der Waals surface area contributed by atoms with Gasteiger partial charge < -0.3 is 15.5 Å². The van der Waals surface area contributed by atoms with E-state index in [9.17, 15) is 4.79 Å². The molecule has 0 saturated carbocycles. The maximum absolute atomic E-state index is 12.4. The quantitative estimate of drug-likeness (QED) is 0.696. The molecule has 0 aliphatic rings. The zero-order chi connectivity index (χ0) is 15.0. The average Bonchev–Trinajstić information content (AvgIpc) is 2.88. The molecule has 21 heavy (non-hydrogen) atoms. The molecule has 4 nitrogen and oxygen atoms in total. The summed E-state index contributed by atoms with van der Waals surface area (Å²) in [6.07, 6.45) is 1.45. The maximum atomic E-state index is 12.4. The van der Waals surface area contributed by atoms with Gasteiger partial charge in [-0.1, -0.05) is 29.8 Å². The lowest BCUT2D eigenvalue weighted by Gasteiger charge is -2.09. The van der Waals surface area contributed by atoms with Crippen LogP contribution < -0.4 is 11.1 Å². The van der Waals surface area contributed by atoms with Crippen LogP contribution in [0.5, 0.6) is 0 Å². The lowest BCUT2D eigenvalue weighted by Crippen LogP contribution is -2.12. The van der Waals surface area contributed by atoms with Gasteiger partial charge in [-0.15, -0.1) is 0 Å². The fourth-order valence-corrected chi connectivity index (χ4v) is 2.35. The fraction of sp³-hybridized carbons (Fsp3) is 0.0625. The predicted octanol–water partition coefficient (Wildman–Crippen LogP) is 4.23. The number of hydrogen-bond acceptors (Lipinski definition) is 3. The van der Waals surface area contributed by atoms with Crippen molar-refractivity contribution in [1.82, 2.24) is 0 Å². The summed E-state index contributed by atoms with van der Waals surface area (Å²) in [5.74, 6) is -0.246. The lowest BCUT2D eigenvalue weighted by atomic mass is 10.1. The van der Waals surface area contributed by atoms with Gasteiger partial charge in [0.15, 0.2) is 0 Å². The Labute approximate surface area is 126 Å². The largest absolute Gasteiger partial charge is 0.463 e. The molecule has 0 aliphatic heterocycles. The highest BCUT2D eigenvalue weighted by molar-refractivity contribution is 6.33. The van der Waals surface area contributed by atoms with Gasteiger partial charge in [0.05, 0.1) is 16.3 Å². The van der Waals surface area contributed by atoms with E-state index in [1.54, 1.807) is 12.1 Å². The van der Waals surface area contributed by atoms with Crippen LogP contribution >= 0.6 is 11.6 Å². The molecule has 3 N–H and O–H groups in total. The van der Waals surface area contributed by atoms with Gasteiger partial charge in [-0.2, -0.15) is 0 Å². The van der Waals surface area contributed by atoms with Crippen LogP contribution in [0.2, 0.25) is 5.02 Å². The van der Waals surface area contributed by atoms with Gasteiger partial charge in [-0.05, 0) is 30.7 Å². The van der Waals surface area contributed by atoms with Gasteiger partial charge in [0.25, 0.3) is 5.91 Å². The number of halogens is 1. The number of furan rings is 1. The number of nitrogens with one attached hydrogen (secondary N) is 1. The Bertz CT molecular complexity index is 839. The van der Waals surface area contributed by atoms with Gasteiger partial charge in [0, 0.05) is 11.1 Å². The van der Waals surface area contributed by atoms with Crippen LogP contribution in [0.25, 0.3) is 11.0 Å². The monoisotopic (exact) mass is 300 g/mol. The topological polar surface area (TPSA) is 68.3 Å². The number of amides is 1. The van der Waals surface area contributed by atoms with E-state index in [1.807, 2.05) is 31.2 Å². The second-order valence-electron chi connectivity index (χ2n) is 4.79. The smallest absolute Gasteiger partial charge is 0.259 e. The SMILES string of the molecule is Cc1cc(N)c(Cl)cc1NC(=O)c1coc2ccccc12. The molecule has 106 valence electrons. The first-order chi connectivity index (χ1) is 10.1. The van der Waals surface area contributed by atoms with Gasteiger partial charge in [-0.3, -0.25) is 4.79 Å². The van der Waals surface area contributed by atoms with Crippen LogP contribution in [0.4, 0.5) is 11.4 Å². The predicted molar refractivity (Wildman–Crippen MR) is 84.8 cm³/mol. The van der Waals surface area contributed by atoms with Crippen LogP contribution in [-0.4, -0.2) is 5.91 Å². The van der Waals surface area contributed by atoms with Gasteiger partial charge in [0.1, 0.15) is 11.8 Å². The van der Waals surface area contributed by atoms with Gasteiger partial charge >= 0.3 is 0 Å². The number of nitrogens with two attached hydrogens (primary N) is 1. The van der Waals surface area contributed by atoms with Crippen molar-refractivity contribution in [3.8, 4) is 0 Å². The highest BCUT2D eigenvalue weighted by Crippen LogP contribution is 2.28. The van der Waals surface area contributed by atoms with E-state index in [-0.39, 0.29) is 5.91 Å². The van der Waals surface area contributed by atoms with E-state index in [1.165, 1.54) is 6.26 Å². The first kappa shape index (κ1) is 13.5. The molecule has 3 aromatic rings. The molecule has 2 aromatic carbocycles. The van der Waals surface area contributed by atoms with Gasteiger partial charge in [0.2, 0.25) is 0 Å². The van der Waals surface area contributed by atoms with Crippen molar-refractivity contribution in [2.75, 3.05) is 11.1 Å². The summed E-state index contributed by atoms with van der Waals surface area (Å²) >= 11 is 5.99. The molecular weight excluding hydrogens is 288 g/mol. The van der Waals surface area contributed by atoms with Crippen LogP contribution in [0.15, 0.2) is 47.1 Å². The van der Waals surface area contributed by atoms with Crippen molar-refractivity contribution in [3.63, 3.8) is 0 Å². The van der Waals surface area contributed by atoms with Crippen molar-refractivity contribution in [2.24, 2.45) is 0 Å². The number of para-hydroxylation sites is 1.